The van der Waals surface area contributed by atoms with Crippen molar-refractivity contribution < 1.29 is 18.3 Å². The molecule has 1 aromatic carbocycles. The molecule has 7 nitrogen and oxygen atoms in total. The van der Waals surface area contributed by atoms with Crippen LogP contribution in [0.25, 0.3) is 0 Å². The van der Waals surface area contributed by atoms with Gasteiger partial charge in [-0.25, -0.2) is 17.9 Å². The first kappa shape index (κ1) is 14.2. The SMILES string of the molecule is C[C@H](NS(=O)(=O)c1[nH]ncc1C(=O)O)c1ccccc1. The number of aromatic amines is 1. The lowest BCUT2D eigenvalue weighted by atomic mass is 10.1. The molecule has 0 radical (unpaired) electrons. The van der Waals surface area contributed by atoms with Crippen LogP contribution in [0, 0.1) is 0 Å². The van der Waals surface area contributed by atoms with Gasteiger partial charge in [-0.3, -0.25) is 5.10 Å². The Morgan fingerprint density at radius 1 is 1.35 bits per heavy atom. The minimum Gasteiger partial charge on any atom is -0.478 e. The summed E-state index contributed by atoms with van der Waals surface area (Å²) < 4.78 is 26.7. The van der Waals surface area contributed by atoms with Crippen molar-refractivity contribution in [2.75, 3.05) is 0 Å². The minimum atomic E-state index is -3.99. The summed E-state index contributed by atoms with van der Waals surface area (Å²) in [6.45, 7) is 1.67. The van der Waals surface area contributed by atoms with Crippen molar-refractivity contribution in [3.05, 3.63) is 47.7 Å². The number of sulfonamides is 1. The van der Waals surface area contributed by atoms with Crippen LogP contribution < -0.4 is 4.72 Å². The summed E-state index contributed by atoms with van der Waals surface area (Å²) in [5.74, 6) is -1.36. The summed E-state index contributed by atoms with van der Waals surface area (Å²) >= 11 is 0. The number of nitrogens with one attached hydrogen (secondary N) is 2. The van der Waals surface area contributed by atoms with Crippen LogP contribution in [0.4, 0.5) is 0 Å². The predicted octanol–water partition coefficient (Wildman–Crippen LogP) is 1.15. The van der Waals surface area contributed by atoms with Crippen LogP contribution >= 0.6 is 0 Å². The summed E-state index contributed by atoms with van der Waals surface area (Å²) in [7, 11) is -3.99. The standard InChI is InChI=1S/C12H13N3O4S/c1-8(9-5-3-2-4-6-9)15-20(18,19)11-10(12(16)17)7-13-14-11/h2-8,15H,1H3,(H,13,14)(H,16,17)/t8-/m0/s1. The predicted molar refractivity (Wildman–Crippen MR) is 70.7 cm³/mol. The van der Waals surface area contributed by atoms with Crippen LogP contribution in [-0.2, 0) is 10.0 Å². The number of carboxylic acid groups (broad SMARTS) is 1. The van der Waals surface area contributed by atoms with Gasteiger partial charge in [0, 0.05) is 6.04 Å². The molecule has 0 aliphatic heterocycles. The Morgan fingerprint density at radius 3 is 2.60 bits per heavy atom. The van der Waals surface area contributed by atoms with E-state index in [2.05, 4.69) is 14.9 Å². The molecule has 0 saturated heterocycles. The largest absolute Gasteiger partial charge is 0.478 e. The van der Waals surface area contributed by atoms with Crippen molar-refractivity contribution in [3.63, 3.8) is 0 Å². The summed E-state index contributed by atoms with van der Waals surface area (Å²) in [6.07, 6.45) is 0.962. The minimum absolute atomic E-state index is 0.391. The first-order valence-electron chi connectivity index (χ1n) is 5.76. The molecule has 1 heterocycles. The van der Waals surface area contributed by atoms with E-state index < -0.39 is 32.6 Å². The highest BCUT2D eigenvalue weighted by atomic mass is 32.2. The molecule has 2 rings (SSSR count). The van der Waals surface area contributed by atoms with Gasteiger partial charge in [-0.05, 0) is 12.5 Å². The Kier molecular flexibility index (Phi) is 3.86. The van der Waals surface area contributed by atoms with E-state index in [4.69, 9.17) is 5.11 Å². The van der Waals surface area contributed by atoms with Gasteiger partial charge in [0.15, 0.2) is 5.03 Å². The van der Waals surface area contributed by atoms with Gasteiger partial charge in [0.1, 0.15) is 5.56 Å². The zero-order valence-corrected chi connectivity index (χ0v) is 11.4. The quantitative estimate of drug-likeness (QED) is 0.766. The Bertz CT molecular complexity index is 709. The van der Waals surface area contributed by atoms with E-state index >= 15 is 0 Å². The lowest BCUT2D eigenvalue weighted by molar-refractivity contribution is 0.0692. The molecule has 3 N–H and O–H groups in total. The fourth-order valence-corrected chi connectivity index (χ4v) is 3.05. The maximum Gasteiger partial charge on any atom is 0.340 e. The summed E-state index contributed by atoms with van der Waals surface area (Å²) in [4.78, 5) is 10.9. The average molecular weight is 295 g/mol. The fourth-order valence-electron chi connectivity index (χ4n) is 1.73. The third-order valence-electron chi connectivity index (χ3n) is 2.74. The van der Waals surface area contributed by atoms with E-state index in [1.165, 1.54) is 0 Å². The van der Waals surface area contributed by atoms with Crippen LogP contribution in [-0.4, -0.2) is 29.7 Å². The lowest BCUT2D eigenvalue weighted by Gasteiger charge is -2.13. The van der Waals surface area contributed by atoms with Crippen molar-refractivity contribution in [1.82, 2.24) is 14.9 Å². The molecule has 106 valence electrons. The highest BCUT2D eigenvalue weighted by Crippen LogP contribution is 2.17. The highest BCUT2D eigenvalue weighted by Gasteiger charge is 2.26. The topological polar surface area (TPSA) is 112 Å². The molecular weight excluding hydrogens is 282 g/mol. The van der Waals surface area contributed by atoms with Gasteiger partial charge in [0.05, 0.1) is 6.20 Å². The third-order valence-corrected chi connectivity index (χ3v) is 4.25. The second-order valence-corrected chi connectivity index (χ2v) is 5.82. The molecule has 1 aromatic heterocycles. The molecule has 20 heavy (non-hydrogen) atoms. The van der Waals surface area contributed by atoms with E-state index in [-0.39, 0.29) is 0 Å². The fraction of sp³-hybridized carbons (Fsp3) is 0.167. The molecule has 2 aromatic rings. The van der Waals surface area contributed by atoms with Crippen LogP contribution in [0.5, 0.6) is 0 Å². The monoisotopic (exact) mass is 295 g/mol. The number of carbonyl (C=O) groups is 1. The zero-order valence-electron chi connectivity index (χ0n) is 10.6. The molecular formula is C12H13N3O4S. The number of aromatic carboxylic acids is 1. The average Bonchev–Trinajstić information content (AvgIpc) is 2.89. The zero-order chi connectivity index (χ0) is 14.8. The number of hydrogen-bond donors (Lipinski definition) is 3. The van der Waals surface area contributed by atoms with E-state index in [0.717, 1.165) is 11.8 Å². The number of hydrogen-bond acceptors (Lipinski definition) is 4. The number of aromatic nitrogens is 2. The smallest absolute Gasteiger partial charge is 0.340 e. The lowest BCUT2D eigenvalue weighted by Crippen LogP contribution is -2.28. The Labute approximate surface area is 115 Å². The maximum atomic E-state index is 12.2. The number of carboxylic acids is 1. The van der Waals surface area contributed by atoms with Crippen LogP contribution in [0.3, 0.4) is 0 Å². The Balaban J connectivity index is 2.28. The molecule has 0 aliphatic rings. The number of benzene rings is 1. The molecule has 0 fully saturated rings. The Hall–Kier alpha value is -2.19. The van der Waals surface area contributed by atoms with Crippen molar-refractivity contribution in [1.29, 1.82) is 0 Å². The normalized spacial score (nSPS) is 13.1. The van der Waals surface area contributed by atoms with E-state index in [1.807, 2.05) is 6.07 Å². The summed E-state index contributed by atoms with van der Waals surface area (Å²) in [5, 5.41) is 14.1. The molecule has 0 unspecified atom stereocenters. The highest BCUT2D eigenvalue weighted by molar-refractivity contribution is 7.89. The molecule has 0 saturated carbocycles. The molecule has 0 spiro atoms. The summed E-state index contributed by atoms with van der Waals surface area (Å²) in [6, 6.07) is 8.46. The first-order valence-corrected chi connectivity index (χ1v) is 7.24. The number of nitrogens with zero attached hydrogens (tertiary/aromatic N) is 1. The van der Waals surface area contributed by atoms with Gasteiger partial charge in [0.2, 0.25) is 0 Å². The molecule has 0 aliphatic carbocycles. The van der Waals surface area contributed by atoms with Gasteiger partial charge < -0.3 is 5.11 Å². The van der Waals surface area contributed by atoms with Crippen molar-refractivity contribution in [2.24, 2.45) is 0 Å². The second-order valence-electron chi connectivity index (χ2n) is 4.17. The Morgan fingerprint density at radius 2 is 2.00 bits per heavy atom. The third kappa shape index (κ3) is 2.86. The maximum absolute atomic E-state index is 12.2. The van der Waals surface area contributed by atoms with E-state index in [0.29, 0.717) is 0 Å². The molecule has 1 atom stereocenters. The molecule has 0 bridgehead atoms. The van der Waals surface area contributed by atoms with Crippen LogP contribution in [0.1, 0.15) is 28.9 Å². The first-order chi connectivity index (χ1) is 9.42. The van der Waals surface area contributed by atoms with Crippen LogP contribution in [0.15, 0.2) is 41.6 Å². The molecule has 8 heteroatoms. The van der Waals surface area contributed by atoms with E-state index in [9.17, 15) is 13.2 Å². The van der Waals surface area contributed by atoms with E-state index in [1.54, 1.807) is 31.2 Å². The van der Waals surface area contributed by atoms with Gasteiger partial charge >= 0.3 is 5.97 Å². The van der Waals surface area contributed by atoms with Gasteiger partial charge in [-0.15, -0.1) is 0 Å². The molecule has 0 amide bonds. The van der Waals surface area contributed by atoms with Gasteiger partial charge in [-0.2, -0.15) is 5.10 Å². The van der Waals surface area contributed by atoms with Crippen molar-refractivity contribution in [3.8, 4) is 0 Å². The summed E-state index contributed by atoms with van der Waals surface area (Å²) in [5.41, 5.74) is 0.380. The van der Waals surface area contributed by atoms with Crippen molar-refractivity contribution in [2.45, 2.75) is 18.0 Å². The van der Waals surface area contributed by atoms with Crippen molar-refractivity contribution >= 4 is 16.0 Å². The second kappa shape index (κ2) is 5.43. The van der Waals surface area contributed by atoms with Gasteiger partial charge in [0.25, 0.3) is 10.0 Å². The van der Waals surface area contributed by atoms with Crippen LogP contribution in [0.2, 0.25) is 0 Å². The van der Waals surface area contributed by atoms with Gasteiger partial charge in [-0.1, -0.05) is 30.3 Å². The number of H-pyrrole nitrogens is 1. The number of rotatable bonds is 5.